The van der Waals surface area contributed by atoms with Crippen LogP contribution in [0.4, 0.5) is 0 Å². The van der Waals surface area contributed by atoms with Gasteiger partial charge in [0.2, 0.25) is 11.6 Å². The Labute approximate surface area is 248 Å². The van der Waals surface area contributed by atoms with Crippen molar-refractivity contribution in [1.82, 2.24) is 10.2 Å². The van der Waals surface area contributed by atoms with Crippen molar-refractivity contribution in [1.29, 1.82) is 0 Å². The first kappa shape index (κ1) is 33.2. The zero-order valence-electron chi connectivity index (χ0n) is 25.6. The molecule has 1 fully saturated rings. The normalized spacial score (nSPS) is 33.5. The largest absolute Gasteiger partial charge is 0.455 e. The van der Waals surface area contributed by atoms with E-state index in [1.165, 1.54) is 27.2 Å². The minimum atomic E-state index is -0.906. The molecular weight excluding hydrogens is 540 g/mol. The highest BCUT2D eigenvalue weighted by Gasteiger charge is 2.36. The van der Waals surface area contributed by atoms with Crippen LogP contribution < -0.4 is 5.32 Å². The maximum Gasteiger partial charge on any atom is 0.303 e. The standard InChI is InChI=1S/C32H44N2O8/c1-18-14-23-28(34-12-9-13-34)25(36)17-24(30(23)38)33-32(39)19(2)10-8-11-26(40-6)31(42-22(5)35)21(4)16-20(3)29(37)27(15-18)41-7/h8,10-11,16-18,20,26-27,29,31,37H,9,12-15H2,1-7H3,(H,33,39)/b11-8-,19-10+,21-16+/t18-,20+,26+,27+,29-,31+/m1/s1. The highest BCUT2D eigenvalue weighted by atomic mass is 16.6. The van der Waals surface area contributed by atoms with E-state index in [0.29, 0.717) is 41.9 Å². The summed E-state index contributed by atoms with van der Waals surface area (Å²) in [6.45, 7) is 9.88. The highest BCUT2D eigenvalue weighted by Crippen LogP contribution is 2.32. The Morgan fingerprint density at radius 3 is 2.36 bits per heavy atom. The van der Waals surface area contributed by atoms with Crippen LogP contribution in [-0.2, 0) is 33.4 Å². The number of allylic oxidation sites excluding steroid dienone is 4. The number of nitrogens with zero attached hydrogens (tertiary/aromatic N) is 1. The summed E-state index contributed by atoms with van der Waals surface area (Å²) >= 11 is 0. The van der Waals surface area contributed by atoms with E-state index < -0.39 is 36.3 Å². The van der Waals surface area contributed by atoms with Crippen molar-refractivity contribution in [3.8, 4) is 0 Å². The predicted molar refractivity (Wildman–Crippen MR) is 157 cm³/mol. The molecule has 2 bridgehead atoms. The summed E-state index contributed by atoms with van der Waals surface area (Å²) in [5.41, 5.74) is 1.67. The number of nitrogens with one attached hydrogen (secondary N) is 1. The van der Waals surface area contributed by atoms with Crippen molar-refractivity contribution in [2.75, 3.05) is 27.3 Å². The van der Waals surface area contributed by atoms with E-state index in [0.717, 1.165) is 6.42 Å². The molecule has 10 heteroatoms. The third kappa shape index (κ3) is 7.93. The van der Waals surface area contributed by atoms with Crippen LogP contribution in [0.1, 0.15) is 53.9 Å². The maximum atomic E-state index is 13.7. The highest BCUT2D eigenvalue weighted by molar-refractivity contribution is 6.23. The van der Waals surface area contributed by atoms with Crippen LogP contribution in [0.5, 0.6) is 0 Å². The fraction of sp³-hybridized carbons (Fsp3) is 0.562. The van der Waals surface area contributed by atoms with E-state index in [2.05, 4.69) is 5.32 Å². The molecule has 1 amide bonds. The Morgan fingerprint density at radius 1 is 1.10 bits per heavy atom. The van der Waals surface area contributed by atoms with Gasteiger partial charge in [0, 0.05) is 57.4 Å². The monoisotopic (exact) mass is 584 g/mol. The van der Waals surface area contributed by atoms with Crippen molar-refractivity contribution in [2.45, 2.75) is 78.3 Å². The molecule has 42 heavy (non-hydrogen) atoms. The second-order valence-electron chi connectivity index (χ2n) is 11.4. The van der Waals surface area contributed by atoms with Crippen LogP contribution in [0.3, 0.4) is 0 Å². The number of amides is 1. The van der Waals surface area contributed by atoms with Crippen LogP contribution in [0.2, 0.25) is 0 Å². The lowest BCUT2D eigenvalue weighted by Gasteiger charge is -2.37. The van der Waals surface area contributed by atoms with E-state index in [1.54, 1.807) is 32.1 Å². The van der Waals surface area contributed by atoms with Gasteiger partial charge in [-0.1, -0.05) is 38.2 Å². The van der Waals surface area contributed by atoms with Gasteiger partial charge in [-0.2, -0.15) is 0 Å². The van der Waals surface area contributed by atoms with Gasteiger partial charge >= 0.3 is 5.97 Å². The maximum absolute atomic E-state index is 13.7. The number of Topliss-reactive ketones (excluding diaryl/α,β-unsaturated/α-hetero) is 1. The summed E-state index contributed by atoms with van der Waals surface area (Å²) in [4.78, 5) is 53.8. The van der Waals surface area contributed by atoms with Crippen LogP contribution in [0.15, 0.2) is 58.5 Å². The second kappa shape index (κ2) is 14.7. The third-order valence-electron chi connectivity index (χ3n) is 7.99. The number of ketones is 2. The van der Waals surface area contributed by atoms with E-state index in [1.807, 2.05) is 24.8 Å². The Bertz CT molecular complexity index is 1220. The van der Waals surface area contributed by atoms with Gasteiger partial charge in [0.05, 0.1) is 23.6 Å². The van der Waals surface area contributed by atoms with E-state index in [4.69, 9.17) is 14.2 Å². The second-order valence-corrected chi connectivity index (χ2v) is 11.4. The Hall–Kier alpha value is -3.34. The van der Waals surface area contributed by atoms with Crippen LogP contribution in [0, 0.1) is 11.8 Å². The van der Waals surface area contributed by atoms with Crippen LogP contribution in [0.25, 0.3) is 0 Å². The first-order valence-corrected chi connectivity index (χ1v) is 14.4. The molecule has 2 heterocycles. The first-order valence-electron chi connectivity index (χ1n) is 14.4. The number of hydrogen-bond donors (Lipinski definition) is 2. The lowest BCUT2D eigenvalue weighted by Crippen LogP contribution is -2.43. The molecular formula is C32H44N2O8. The molecule has 0 aromatic rings. The molecule has 0 aromatic carbocycles. The van der Waals surface area contributed by atoms with Crippen LogP contribution >= 0.6 is 0 Å². The Balaban J connectivity index is 2.07. The van der Waals surface area contributed by atoms with Gasteiger partial charge in [-0.05, 0) is 44.6 Å². The van der Waals surface area contributed by atoms with Crippen molar-refractivity contribution >= 4 is 23.4 Å². The lowest BCUT2D eigenvalue weighted by molar-refractivity contribution is -0.149. The topological polar surface area (TPSA) is 131 Å². The van der Waals surface area contributed by atoms with Gasteiger partial charge in [0.15, 0.2) is 6.10 Å². The number of likely N-dealkylation sites (tertiary alicyclic amines) is 1. The number of aliphatic hydroxyl groups excluding tert-OH is 1. The molecule has 0 unspecified atom stereocenters. The fourth-order valence-corrected chi connectivity index (χ4v) is 5.51. The number of hydrogen-bond acceptors (Lipinski definition) is 9. The first-order chi connectivity index (χ1) is 19.9. The van der Waals surface area contributed by atoms with E-state index in [9.17, 15) is 24.3 Å². The van der Waals surface area contributed by atoms with Crippen molar-refractivity contribution in [3.05, 3.63) is 58.5 Å². The van der Waals surface area contributed by atoms with E-state index >= 15 is 0 Å². The summed E-state index contributed by atoms with van der Waals surface area (Å²) in [5.74, 6) is -2.23. The molecule has 0 radical (unpaired) electrons. The molecule has 2 aliphatic heterocycles. The van der Waals surface area contributed by atoms with Gasteiger partial charge in [-0.3, -0.25) is 19.2 Å². The average Bonchev–Trinajstić information content (AvgIpc) is 2.90. The Kier molecular flexibility index (Phi) is 11.6. The molecule has 1 aliphatic carbocycles. The molecule has 10 nitrogen and oxygen atoms in total. The van der Waals surface area contributed by atoms with Gasteiger partial charge in [0.1, 0.15) is 6.10 Å². The molecule has 3 aliphatic rings. The zero-order valence-corrected chi connectivity index (χ0v) is 25.6. The van der Waals surface area contributed by atoms with Gasteiger partial charge in [-0.25, -0.2) is 0 Å². The minimum Gasteiger partial charge on any atom is -0.455 e. The molecule has 230 valence electrons. The number of carbonyl (C=O) groups is 4. The SMILES string of the molecule is CO[C@H]1/C=C\C=C(/C)C(=O)NC2=CC(=O)C(N3CCC3)=C(C[C@@H](C)C[C@H](OC)[C@H](O)[C@@H](C)/C=C(\C)[C@@H]1OC(C)=O)C2=O. The fourth-order valence-electron chi connectivity index (χ4n) is 5.51. The summed E-state index contributed by atoms with van der Waals surface area (Å²) in [5, 5.41) is 13.9. The lowest BCUT2D eigenvalue weighted by atomic mass is 9.84. The minimum absolute atomic E-state index is 0.0624. The number of methoxy groups -OCH3 is 2. The number of ether oxygens (including phenoxy) is 3. The van der Waals surface area contributed by atoms with Crippen molar-refractivity contribution < 1.29 is 38.5 Å². The number of rotatable bonds is 4. The Morgan fingerprint density at radius 2 is 1.79 bits per heavy atom. The molecule has 3 rings (SSSR count). The van der Waals surface area contributed by atoms with Crippen LogP contribution in [-0.4, -0.2) is 85.2 Å². The van der Waals surface area contributed by atoms with Gasteiger partial charge in [-0.15, -0.1) is 0 Å². The molecule has 0 saturated carbocycles. The molecule has 0 aromatic heterocycles. The summed E-state index contributed by atoms with van der Waals surface area (Å²) < 4.78 is 16.9. The molecule has 1 saturated heterocycles. The third-order valence-corrected chi connectivity index (χ3v) is 7.99. The summed E-state index contributed by atoms with van der Waals surface area (Å²) in [6, 6.07) is 0. The zero-order chi connectivity index (χ0) is 31.1. The molecule has 2 N–H and O–H groups in total. The molecule has 6 atom stereocenters. The number of esters is 1. The molecule has 0 spiro atoms. The van der Waals surface area contributed by atoms with Crippen molar-refractivity contribution in [2.24, 2.45) is 11.8 Å². The average molecular weight is 585 g/mol. The van der Waals surface area contributed by atoms with E-state index in [-0.39, 0.29) is 35.5 Å². The number of aliphatic hydroxyl groups is 1. The van der Waals surface area contributed by atoms with Gasteiger partial charge in [0.25, 0.3) is 5.91 Å². The smallest absolute Gasteiger partial charge is 0.303 e. The summed E-state index contributed by atoms with van der Waals surface area (Å²) in [6.07, 6.45) is 6.54. The van der Waals surface area contributed by atoms with Gasteiger partial charge < -0.3 is 29.5 Å². The predicted octanol–water partition coefficient (Wildman–Crippen LogP) is 2.94. The number of carbonyl (C=O) groups excluding carboxylic acids is 4. The number of fused-ring (bicyclic) bond motifs is 2. The quantitative estimate of drug-likeness (QED) is 0.291. The van der Waals surface area contributed by atoms with Crippen molar-refractivity contribution in [3.63, 3.8) is 0 Å². The summed E-state index contributed by atoms with van der Waals surface area (Å²) in [7, 11) is 3.01.